The fourth-order valence-corrected chi connectivity index (χ4v) is 6.91. The molecule has 0 radical (unpaired) electrons. The molecule has 0 bridgehead atoms. The number of aromatic nitrogens is 1. The molecule has 0 unspecified atom stereocenters. The number of ether oxygens (including phenoxy) is 1. The maximum absolute atomic E-state index is 13.6. The smallest absolute Gasteiger partial charge is 0.312 e. The third-order valence-electron chi connectivity index (χ3n) is 8.44. The van der Waals surface area contributed by atoms with Gasteiger partial charge in [-0.2, -0.15) is 0 Å². The number of cyclic esters (lactones) is 1. The fraction of sp³-hybridized carbons (Fsp3) is 0.500. The first-order valence-corrected chi connectivity index (χ1v) is 12.1. The zero-order chi connectivity index (χ0) is 23.2. The zero-order valence-electron chi connectivity index (χ0n) is 19.3. The van der Waals surface area contributed by atoms with E-state index in [0.717, 1.165) is 42.5 Å². The average molecular weight is 450 g/mol. The predicted octanol–water partition coefficient (Wildman–Crippen LogP) is 5.51. The summed E-state index contributed by atoms with van der Waals surface area (Å²) in [4.78, 5) is 17.4. The molecule has 5 rings (SSSR count). The van der Waals surface area contributed by atoms with Crippen LogP contribution in [0.15, 0.2) is 48.7 Å². The molecule has 3 aliphatic rings. The SMILES string of the molecule is C[C@H]1OC(=O)[C@]2(C)C[C@@H]3C[C@H](CO)CC[C@H]3[C@H](/C=C/c3ccc(-c4cccc(F)c4)cn3)[C@H]12. The normalized spacial score (nSPS) is 35.8. The number of benzene rings is 1. The minimum absolute atomic E-state index is 0.0689. The summed E-state index contributed by atoms with van der Waals surface area (Å²) in [6.07, 6.45) is 9.94. The van der Waals surface area contributed by atoms with Gasteiger partial charge in [0.25, 0.3) is 0 Å². The largest absolute Gasteiger partial charge is 0.462 e. The summed E-state index contributed by atoms with van der Waals surface area (Å²) in [5.41, 5.74) is 2.06. The van der Waals surface area contributed by atoms with Crippen LogP contribution in [0.25, 0.3) is 17.2 Å². The number of pyridine rings is 1. The Morgan fingerprint density at radius 3 is 2.82 bits per heavy atom. The van der Waals surface area contributed by atoms with Crippen molar-refractivity contribution in [3.63, 3.8) is 0 Å². The molecular weight excluding hydrogens is 417 g/mol. The van der Waals surface area contributed by atoms with E-state index in [4.69, 9.17) is 4.74 Å². The van der Waals surface area contributed by atoms with Gasteiger partial charge >= 0.3 is 5.97 Å². The summed E-state index contributed by atoms with van der Waals surface area (Å²) < 4.78 is 19.3. The van der Waals surface area contributed by atoms with Gasteiger partial charge in [0.05, 0.1) is 11.1 Å². The zero-order valence-corrected chi connectivity index (χ0v) is 19.3. The molecule has 7 atom stereocenters. The monoisotopic (exact) mass is 449 g/mol. The maximum atomic E-state index is 13.6. The van der Waals surface area contributed by atoms with Gasteiger partial charge in [-0.25, -0.2) is 4.39 Å². The van der Waals surface area contributed by atoms with Crippen molar-refractivity contribution in [2.24, 2.45) is 35.0 Å². The topological polar surface area (TPSA) is 59.4 Å². The van der Waals surface area contributed by atoms with Crippen molar-refractivity contribution in [3.8, 4) is 11.1 Å². The lowest BCUT2D eigenvalue weighted by Gasteiger charge is -2.51. The van der Waals surface area contributed by atoms with E-state index in [1.165, 1.54) is 12.1 Å². The van der Waals surface area contributed by atoms with Crippen molar-refractivity contribution in [1.82, 2.24) is 4.98 Å². The number of nitrogens with zero attached hydrogens (tertiary/aromatic N) is 1. The van der Waals surface area contributed by atoms with E-state index in [0.29, 0.717) is 17.8 Å². The quantitative estimate of drug-likeness (QED) is 0.625. The lowest BCUT2D eigenvalue weighted by atomic mass is 9.51. The fourth-order valence-electron chi connectivity index (χ4n) is 6.91. The summed E-state index contributed by atoms with van der Waals surface area (Å²) in [7, 11) is 0. The Morgan fingerprint density at radius 2 is 2.09 bits per heavy atom. The number of carbonyl (C=O) groups excluding carboxylic acids is 1. The van der Waals surface area contributed by atoms with Gasteiger partial charge < -0.3 is 9.84 Å². The van der Waals surface area contributed by atoms with Crippen LogP contribution in [0.2, 0.25) is 0 Å². The first kappa shape index (κ1) is 22.3. The van der Waals surface area contributed by atoms with Crippen LogP contribution in [0.1, 0.15) is 45.2 Å². The lowest BCUT2D eigenvalue weighted by Crippen LogP contribution is -2.49. The van der Waals surface area contributed by atoms with Crippen LogP contribution in [0, 0.1) is 40.8 Å². The molecule has 1 aliphatic heterocycles. The summed E-state index contributed by atoms with van der Waals surface area (Å²) in [5.74, 6) is 1.31. The molecule has 174 valence electrons. The Kier molecular flexibility index (Phi) is 5.86. The number of aliphatic hydroxyl groups is 1. The molecule has 0 amide bonds. The van der Waals surface area contributed by atoms with Crippen LogP contribution in [0.5, 0.6) is 0 Å². The van der Waals surface area contributed by atoms with Crippen LogP contribution >= 0.6 is 0 Å². The van der Waals surface area contributed by atoms with Crippen LogP contribution in [-0.2, 0) is 9.53 Å². The number of hydrogen-bond donors (Lipinski definition) is 1. The van der Waals surface area contributed by atoms with Crippen LogP contribution in [-0.4, -0.2) is 28.8 Å². The van der Waals surface area contributed by atoms with Crippen molar-refractivity contribution in [3.05, 3.63) is 60.2 Å². The molecule has 2 saturated carbocycles. The van der Waals surface area contributed by atoms with Crippen molar-refractivity contribution in [1.29, 1.82) is 0 Å². The molecule has 5 heteroatoms. The van der Waals surface area contributed by atoms with E-state index in [9.17, 15) is 14.3 Å². The number of aliphatic hydroxyl groups excluding tert-OH is 1. The van der Waals surface area contributed by atoms with Gasteiger partial charge in [-0.3, -0.25) is 9.78 Å². The number of esters is 1. The summed E-state index contributed by atoms with van der Waals surface area (Å²) in [5, 5.41) is 9.73. The molecule has 1 saturated heterocycles. The number of rotatable bonds is 4. The molecule has 4 nitrogen and oxygen atoms in total. The van der Waals surface area contributed by atoms with E-state index in [-0.39, 0.29) is 36.3 Å². The Morgan fingerprint density at radius 1 is 1.24 bits per heavy atom. The second-order valence-corrected chi connectivity index (χ2v) is 10.5. The predicted molar refractivity (Wildman–Crippen MR) is 125 cm³/mol. The van der Waals surface area contributed by atoms with Gasteiger partial charge in [0.15, 0.2) is 0 Å². The van der Waals surface area contributed by atoms with E-state index in [1.807, 2.05) is 25.1 Å². The number of hydrogen-bond acceptors (Lipinski definition) is 4. The summed E-state index contributed by atoms with van der Waals surface area (Å²) in [6.45, 7) is 4.34. The molecule has 33 heavy (non-hydrogen) atoms. The van der Waals surface area contributed by atoms with Gasteiger partial charge in [-0.1, -0.05) is 24.3 Å². The van der Waals surface area contributed by atoms with Crippen molar-refractivity contribution in [2.75, 3.05) is 6.61 Å². The molecule has 1 aromatic carbocycles. The second-order valence-electron chi connectivity index (χ2n) is 10.5. The van der Waals surface area contributed by atoms with Crippen molar-refractivity contribution in [2.45, 2.75) is 45.6 Å². The third-order valence-corrected chi connectivity index (χ3v) is 8.44. The van der Waals surface area contributed by atoms with Crippen molar-refractivity contribution < 1.29 is 19.0 Å². The van der Waals surface area contributed by atoms with Gasteiger partial charge in [0, 0.05) is 24.3 Å². The highest BCUT2D eigenvalue weighted by Gasteiger charge is 2.61. The average Bonchev–Trinajstić information content (AvgIpc) is 3.04. The lowest BCUT2D eigenvalue weighted by molar-refractivity contribution is -0.150. The van der Waals surface area contributed by atoms with Gasteiger partial charge in [0.2, 0.25) is 0 Å². The first-order chi connectivity index (χ1) is 15.9. The molecular formula is C28H32FNO3. The number of allylic oxidation sites excluding steroid dienone is 1. The molecule has 2 aliphatic carbocycles. The van der Waals surface area contributed by atoms with Crippen LogP contribution < -0.4 is 0 Å². The maximum Gasteiger partial charge on any atom is 0.312 e. The van der Waals surface area contributed by atoms with E-state index >= 15 is 0 Å². The minimum atomic E-state index is -0.471. The Balaban J connectivity index is 1.42. The number of fused-ring (bicyclic) bond motifs is 2. The third kappa shape index (κ3) is 4.01. The molecule has 2 aromatic rings. The second kappa shape index (κ2) is 8.68. The van der Waals surface area contributed by atoms with Gasteiger partial charge in [0.1, 0.15) is 11.9 Å². The minimum Gasteiger partial charge on any atom is -0.462 e. The van der Waals surface area contributed by atoms with Gasteiger partial charge in [-0.15, -0.1) is 0 Å². The standard InChI is InChI=1S/C28H32FNO3/c1-17-26-25(11-9-23-8-7-20(15-30-23)19-4-3-5-22(29)13-19)24-10-6-18(16-31)12-21(24)14-28(26,2)27(32)33-17/h3-5,7-9,11,13,15,17-18,21,24-26,31H,6,10,12,14,16H2,1-2H3/b11-9+/t17-,18-,21+,24-,25+,26+,28-/m1/s1. The van der Waals surface area contributed by atoms with Crippen molar-refractivity contribution >= 4 is 12.0 Å². The van der Waals surface area contributed by atoms with E-state index in [2.05, 4.69) is 24.1 Å². The highest BCUT2D eigenvalue weighted by atomic mass is 19.1. The van der Waals surface area contributed by atoms with Gasteiger partial charge in [-0.05, 0) is 93.0 Å². The molecule has 2 heterocycles. The summed E-state index contributed by atoms with van der Waals surface area (Å²) >= 11 is 0. The Bertz CT molecular complexity index is 1050. The Hall–Kier alpha value is -2.53. The molecule has 3 fully saturated rings. The number of halogens is 1. The molecule has 1 aromatic heterocycles. The highest BCUT2D eigenvalue weighted by Crippen LogP contribution is 2.59. The first-order valence-electron chi connectivity index (χ1n) is 12.1. The molecule has 0 spiro atoms. The van der Waals surface area contributed by atoms with E-state index < -0.39 is 5.41 Å². The van der Waals surface area contributed by atoms with E-state index in [1.54, 1.807) is 12.3 Å². The van der Waals surface area contributed by atoms with Crippen LogP contribution in [0.4, 0.5) is 4.39 Å². The summed E-state index contributed by atoms with van der Waals surface area (Å²) in [6, 6.07) is 10.4. The molecule has 1 N–H and O–H groups in total. The van der Waals surface area contributed by atoms with Crippen LogP contribution in [0.3, 0.4) is 0 Å². The highest BCUT2D eigenvalue weighted by molar-refractivity contribution is 5.79. The Labute approximate surface area is 194 Å². The number of carbonyl (C=O) groups is 1.